The molecule has 1 aromatic heterocycles. The van der Waals surface area contributed by atoms with Gasteiger partial charge < -0.3 is 9.80 Å². The maximum Gasteiger partial charge on any atom is 0.254 e. The summed E-state index contributed by atoms with van der Waals surface area (Å²) in [6.45, 7) is 4.40. The average molecular weight is 483 g/mol. The number of hydrogen-bond donors (Lipinski definition) is 0. The van der Waals surface area contributed by atoms with Gasteiger partial charge in [-0.25, -0.2) is 0 Å². The molecule has 2 aliphatic heterocycles. The number of ketones is 1. The smallest absolute Gasteiger partial charge is 0.254 e. The first-order chi connectivity index (χ1) is 16.7. The molecular formula is C29H42N2O2S. The molecular weight excluding hydrogens is 440 g/mol. The van der Waals surface area contributed by atoms with Gasteiger partial charge >= 0.3 is 0 Å². The molecule has 1 aromatic rings. The highest BCUT2D eigenvalue weighted by Gasteiger charge is 2.36. The van der Waals surface area contributed by atoms with Crippen LogP contribution in [0.25, 0.3) is 0 Å². The zero-order valence-corrected chi connectivity index (χ0v) is 21.6. The summed E-state index contributed by atoms with van der Waals surface area (Å²) in [5, 5.41) is 2.14. The minimum atomic E-state index is 0.294. The number of amides is 1. The Balaban J connectivity index is 1.09. The topological polar surface area (TPSA) is 40.6 Å². The van der Waals surface area contributed by atoms with Crippen molar-refractivity contribution in [3.05, 3.63) is 33.5 Å². The Morgan fingerprint density at radius 2 is 1.74 bits per heavy atom. The molecule has 5 heteroatoms. The van der Waals surface area contributed by atoms with Gasteiger partial charge in [0.2, 0.25) is 0 Å². The molecule has 1 amide bonds. The lowest BCUT2D eigenvalue weighted by Gasteiger charge is -2.44. The SMILES string of the molecule is O=C1C=C(CCCN2CCC(c3cc(C(=O)N4CCCC5CCCCC54)cs3)CC2)CCCC1. The number of thiophene rings is 1. The van der Waals surface area contributed by atoms with Crippen LogP contribution >= 0.6 is 11.3 Å². The van der Waals surface area contributed by atoms with E-state index < -0.39 is 0 Å². The van der Waals surface area contributed by atoms with Crippen molar-refractivity contribution in [1.29, 1.82) is 0 Å². The Morgan fingerprint density at radius 3 is 2.62 bits per heavy atom. The van der Waals surface area contributed by atoms with Crippen molar-refractivity contribution in [3.8, 4) is 0 Å². The first kappa shape index (κ1) is 24.2. The van der Waals surface area contributed by atoms with Crippen molar-refractivity contribution >= 4 is 23.0 Å². The molecule has 2 aliphatic carbocycles. The predicted molar refractivity (Wildman–Crippen MR) is 140 cm³/mol. The van der Waals surface area contributed by atoms with E-state index in [-0.39, 0.29) is 0 Å². The largest absolute Gasteiger partial charge is 0.335 e. The summed E-state index contributed by atoms with van der Waals surface area (Å²) >= 11 is 1.81. The second-order valence-electron chi connectivity index (χ2n) is 11.2. The molecule has 4 aliphatic rings. The van der Waals surface area contributed by atoms with Gasteiger partial charge in [-0.1, -0.05) is 18.4 Å². The van der Waals surface area contributed by atoms with Crippen molar-refractivity contribution < 1.29 is 9.59 Å². The van der Waals surface area contributed by atoms with Gasteiger partial charge in [0.05, 0.1) is 5.56 Å². The van der Waals surface area contributed by atoms with Crippen LogP contribution in [0.4, 0.5) is 0 Å². The Morgan fingerprint density at radius 1 is 0.941 bits per heavy atom. The summed E-state index contributed by atoms with van der Waals surface area (Å²) in [6, 6.07) is 2.73. The second-order valence-corrected chi connectivity index (χ2v) is 12.1. The van der Waals surface area contributed by atoms with E-state index in [9.17, 15) is 9.59 Å². The maximum absolute atomic E-state index is 13.4. The van der Waals surface area contributed by atoms with Crippen LogP contribution in [-0.4, -0.2) is 53.7 Å². The van der Waals surface area contributed by atoms with Crippen LogP contribution in [0.15, 0.2) is 23.1 Å². The van der Waals surface area contributed by atoms with Crippen LogP contribution in [0.2, 0.25) is 0 Å². The summed E-state index contributed by atoms with van der Waals surface area (Å²) in [5.74, 6) is 1.98. The second kappa shape index (κ2) is 11.5. The molecule has 0 aromatic carbocycles. The lowest BCUT2D eigenvalue weighted by Crippen LogP contribution is -2.49. The Labute approximate surface area is 209 Å². The number of carbonyl (C=O) groups excluding carboxylic acids is 2. The fraction of sp³-hybridized carbons (Fsp3) is 0.724. The highest BCUT2D eigenvalue weighted by molar-refractivity contribution is 7.10. The number of carbonyl (C=O) groups is 2. The third kappa shape index (κ3) is 5.84. The van der Waals surface area contributed by atoms with Crippen molar-refractivity contribution in [2.45, 2.75) is 102 Å². The molecule has 0 radical (unpaired) electrons. The van der Waals surface area contributed by atoms with E-state index in [1.54, 1.807) is 0 Å². The standard InChI is InChI=1S/C29H42N2O2S/c32-26-11-3-1-7-22(19-26)8-5-15-30-17-13-24(14-18-30)28-20-25(21-34-28)29(33)31-16-6-10-23-9-2-4-12-27(23)31/h19-21,23-24,27H,1-18H2. The summed E-state index contributed by atoms with van der Waals surface area (Å²) < 4.78 is 0. The molecule has 2 atom stereocenters. The lowest BCUT2D eigenvalue weighted by molar-refractivity contribution is -0.114. The fourth-order valence-electron chi connectivity index (χ4n) is 6.91. The van der Waals surface area contributed by atoms with Crippen molar-refractivity contribution in [2.24, 2.45) is 5.92 Å². The first-order valence-corrected chi connectivity index (χ1v) is 14.9. The summed E-state index contributed by atoms with van der Waals surface area (Å²) in [5.41, 5.74) is 2.32. The highest BCUT2D eigenvalue weighted by Crippen LogP contribution is 2.37. The quantitative estimate of drug-likeness (QED) is 0.460. The third-order valence-electron chi connectivity index (χ3n) is 8.87. The number of rotatable bonds is 6. The molecule has 0 bridgehead atoms. The normalized spacial score (nSPS) is 27.2. The molecule has 3 heterocycles. The summed E-state index contributed by atoms with van der Waals surface area (Å²) in [6.07, 6.45) is 18.3. The Kier molecular flexibility index (Phi) is 8.21. The highest BCUT2D eigenvalue weighted by atomic mass is 32.1. The third-order valence-corrected chi connectivity index (χ3v) is 9.96. The molecule has 2 unspecified atom stereocenters. The molecule has 3 fully saturated rings. The maximum atomic E-state index is 13.4. The molecule has 4 nitrogen and oxygen atoms in total. The number of likely N-dealkylation sites (tertiary alicyclic amines) is 2. The van der Waals surface area contributed by atoms with Crippen molar-refractivity contribution in [2.75, 3.05) is 26.2 Å². The molecule has 5 rings (SSSR count). The van der Waals surface area contributed by atoms with Gasteiger partial charge in [0, 0.05) is 29.3 Å². The van der Waals surface area contributed by atoms with Gasteiger partial charge in [0.15, 0.2) is 5.78 Å². The van der Waals surface area contributed by atoms with Gasteiger partial charge in [0.25, 0.3) is 5.91 Å². The zero-order valence-electron chi connectivity index (χ0n) is 20.8. The van der Waals surface area contributed by atoms with Crippen LogP contribution in [0.5, 0.6) is 0 Å². The number of allylic oxidation sites excluding steroid dienone is 2. The van der Waals surface area contributed by atoms with Gasteiger partial charge in [-0.05, 0) is 114 Å². The molecule has 0 N–H and O–H groups in total. The van der Waals surface area contributed by atoms with Crippen LogP contribution < -0.4 is 0 Å². The Hall–Kier alpha value is -1.46. The van der Waals surface area contributed by atoms with E-state index in [4.69, 9.17) is 0 Å². The first-order valence-electron chi connectivity index (χ1n) is 14.0. The van der Waals surface area contributed by atoms with Gasteiger partial charge in [0.1, 0.15) is 0 Å². The van der Waals surface area contributed by atoms with Crippen LogP contribution in [0.1, 0.15) is 111 Å². The average Bonchev–Trinajstić information content (AvgIpc) is 3.27. The molecule has 0 spiro atoms. The van der Waals surface area contributed by atoms with E-state index >= 15 is 0 Å². The van der Waals surface area contributed by atoms with Crippen LogP contribution in [0.3, 0.4) is 0 Å². The van der Waals surface area contributed by atoms with E-state index in [2.05, 4.69) is 21.2 Å². The number of hydrogen-bond acceptors (Lipinski definition) is 4. The van der Waals surface area contributed by atoms with Gasteiger partial charge in [-0.3, -0.25) is 9.59 Å². The molecule has 186 valence electrons. The van der Waals surface area contributed by atoms with Crippen LogP contribution in [-0.2, 0) is 4.79 Å². The number of fused-ring (bicyclic) bond motifs is 1. The molecule has 34 heavy (non-hydrogen) atoms. The number of nitrogens with zero attached hydrogens (tertiary/aromatic N) is 2. The predicted octanol–water partition coefficient (Wildman–Crippen LogP) is 6.57. The number of piperidine rings is 2. The van der Waals surface area contributed by atoms with E-state index in [0.717, 1.165) is 63.3 Å². The fourth-order valence-corrected chi connectivity index (χ4v) is 7.97. The minimum absolute atomic E-state index is 0.294. The van der Waals surface area contributed by atoms with E-state index in [1.165, 1.54) is 74.7 Å². The monoisotopic (exact) mass is 482 g/mol. The lowest BCUT2D eigenvalue weighted by atomic mass is 9.78. The van der Waals surface area contributed by atoms with E-state index in [0.29, 0.717) is 23.7 Å². The van der Waals surface area contributed by atoms with Gasteiger partial charge in [-0.15, -0.1) is 11.3 Å². The summed E-state index contributed by atoms with van der Waals surface area (Å²) in [7, 11) is 0. The summed E-state index contributed by atoms with van der Waals surface area (Å²) in [4.78, 5) is 31.5. The van der Waals surface area contributed by atoms with E-state index in [1.807, 2.05) is 17.4 Å². The molecule has 1 saturated carbocycles. The Bertz CT molecular complexity index is 880. The van der Waals surface area contributed by atoms with Gasteiger partial charge in [-0.2, -0.15) is 0 Å². The molecule has 2 saturated heterocycles. The van der Waals surface area contributed by atoms with Crippen LogP contribution in [0, 0.1) is 5.92 Å². The zero-order chi connectivity index (χ0) is 23.3. The minimum Gasteiger partial charge on any atom is -0.335 e. The van der Waals surface area contributed by atoms with Crippen molar-refractivity contribution in [1.82, 2.24) is 9.80 Å². The van der Waals surface area contributed by atoms with Crippen molar-refractivity contribution in [3.63, 3.8) is 0 Å².